The van der Waals surface area contributed by atoms with Crippen molar-refractivity contribution in [2.75, 3.05) is 11.6 Å². The van der Waals surface area contributed by atoms with Crippen molar-refractivity contribution in [3.8, 4) is 10.7 Å². The van der Waals surface area contributed by atoms with Gasteiger partial charge in [-0.3, -0.25) is 0 Å². The third kappa shape index (κ3) is 5.39. The van der Waals surface area contributed by atoms with Gasteiger partial charge in [-0.2, -0.15) is 0 Å². The highest BCUT2D eigenvalue weighted by Crippen LogP contribution is 2.33. The summed E-state index contributed by atoms with van der Waals surface area (Å²) in [7, 11) is 0. The molecule has 158 valence electrons. The summed E-state index contributed by atoms with van der Waals surface area (Å²) >= 11 is 3.48. The second kappa shape index (κ2) is 9.90. The summed E-state index contributed by atoms with van der Waals surface area (Å²) in [6, 6.07) is 8.94. The molecule has 3 aromatic rings. The lowest BCUT2D eigenvalue weighted by Crippen LogP contribution is -2.30. The van der Waals surface area contributed by atoms with Crippen LogP contribution < -0.4 is 10.6 Å². The Morgan fingerprint density at radius 1 is 1.07 bits per heavy atom. The van der Waals surface area contributed by atoms with Gasteiger partial charge in [0.2, 0.25) is 5.95 Å². The zero-order valence-electron chi connectivity index (χ0n) is 17.9. The fourth-order valence-corrected chi connectivity index (χ4v) is 5.69. The molecule has 0 bridgehead atoms. The first-order valence-electron chi connectivity index (χ1n) is 10.6. The van der Waals surface area contributed by atoms with Crippen molar-refractivity contribution < 1.29 is 0 Å². The molecule has 2 aromatic heterocycles. The number of nitrogens with zero attached hydrogens (tertiary/aromatic N) is 3. The van der Waals surface area contributed by atoms with Crippen LogP contribution in [0.25, 0.3) is 10.7 Å². The number of anilines is 2. The van der Waals surface area contributed by atoms with E-state index in [-0.39, 0.29) is 0 Å². The van der Waals surface area contributed by atoms with Gasteiger partial charge >= 0.3 is 0 Å². The van der Waals surface area contributed by atoms with Crippen molar-refractivity contribution >= 4 is 34.7 Å². The number of aryl methyl sites for hydroxylation is 2. The number of benzene rings is 1. The Bertz CT molecular complexity index is 975. The lowest BCUT2D eigenvalue weighted by atomic mass is 9.95. The van der Waals surface area contributed by atoms with E-state index in [0.29, 0.717) is 12.0 Å². The molecule has 5 nitrogen and oxygen atoms in total. The topological polar surface area (TPSA) is 62.7 Å². The average Bonchev–Trinajstić information content (AvgIpc) is 3.16. The molecule has 0 atom stereocenters. The predicted octanol–water partition coefficient (Wildman–Crippen LogP) is 6.10. The Labute approximate surface area is 187 Å². The van der Waals surface area contributed by atoms with E-state index in [1.165, 1.54) is 47.4 Å². The Morgan fingerprint density at radius 3 is 2.57 bits per heavy atom. The number of hydrogen-bond acceptors (Lipinski definition) is 7. The monoisotopic (exact) mass is 439 g/mol. The highest BCUT2D eigenvalue weighted by Gasteiger charge is 2.17. The molecule has 0 saturated heterocycles. The summed E-state index contributed by atoms with van der Waals surface area (Å²) in [5.41, 5.74) is 5.43. The molecule has 2 N–H and O–H groups in total. The summed E-state index contributed by atoms with van der Waals surface area (Å²) < 4.78 is 1.26. The summed E-state index contributed by atoms with van der Waals surface area (Å²) in [5, 5.41) is 8.00. The fourth-order valence-electron chi connectivity index (χ4n) is 3.98. The van der Waals surface area contributed by atoms with Gasteiger partial charge in [-0.25, -0.2) is 15.0 Å². The van der Waals surface area contributed by atoms with Crippen molar-refractivity contribution in [3.05, 3.63) is 47.3 Å². The summed E-state index contributed by atoms with van der Waals surface area (Å²) in [5.74, 6) is 0.597. The molecule has 7 heteroatoms. The zero-order chi connectivity index (χ0) is 20.9. The van der Waals surface area contributed by atoms with Crippen LogP contribution in [-0.4, -0.2) is 27.2 Å². The lowest BCUT2D eigenvalue weighted by molar-refractivity contribution is 0.370. The smallest absolute Gasteiger partial charge is 0.227 e. The number of aromatic nitrogens is 3. The van der Waals surface area contributed by atoms with Crippen molar-refractivity contribution in [1.82, 2.24) is 20.3 Å². The van der Waals surface area contributed by atoms with Gasteiger partial charge in [0, 0.05) is 24.5 Å². The molecule has 1 saturated carbocycles. The Kier molecular flexibility index (Phi) is 7.02. The van der Waals surface area contributed by atoms with Gasteiger partial charge in [0.25, 0.3) is 0 Å². The second-order valence-electron chi connectivity index (χ2n) is 7.94. The van der Waals surface area contributed by atoms with E-state index in [2.05, 4.69) is 53.9 Å². The van der Waals surface area contributed by atoms with Crippen LogP contribution in [0.15, 0.2) is 34.7 Å². The van der Waals surface area contributed by atoms with Gasteiger partial charge in [-0.1, -0.05) is 25.3 Å². The van der Waals surface area contributed by atoms with E-state index in [1.54, 1.807) is 29.3 Å². The molecule has 2 heterocycles. The zero-order valence-corrected chi connectivity index (χ0v) is 19.5. The van der Waals surface area contributed by atoms with Crippen LogP contribution in [-0.2, 0) is 6.54 Å². The van der Waals surface area contributed by atoms with Crippen LogP contribution in [0, 0.1) is 13.8 Å². The molecule has 0 aliphatic heterocycles. The lowest BCUT2D eigenvalue weighted by Gasteiger charge is -2.22. The standard InChI is InChI=1S/C23H29N5S2/c1-15-11-16(2)13-18(12-15)26-23-24-10-9-19(28-23)21-27-20(22(29-3)30-21)14-25-17-7-5-4-6-8-17/h9-13,17,25H,4-8,14H2,1-3H3,(H,24,26,28). The van der Waals surface area contributed by atoms with Gasteiger partial charge < -0.3 is 10.6 Å². The summed E-state index contributed by atoms with van der Waals surface area (Å²) in [6.07, 6.45) is 10.5. The molecule has 0 spiro atoms. The van der Waals surface area contributed by atoms with E-state index in [0.717, 1.165) is 28.6 Å². The van der Waals surface area contributed by atoms with E-state index in [4.69, 9.17) is 9.97 Å². The first-order valence-corrected chi connectivity index (χ1v) is 12.6. The minimum Gasteiger partial charge on any atom is -0.324 e. The van der Waals surface area contributed by atoms with Gasteiger partial charge in [0.15, 0.2) is 0 Å². The van der Waals surface area contributed by atoms with E-state index in [1.807, 2.05) is 6.07 Å². The van der Waals surface area contributed by atoms with Gasteiger partial charge in [-0.15, -0.1) is 23.1 Å². The molecule has 0 unspecified atom stereocenters. The third-order valence-corrected chi connectivity index (χ3v) is 7.63. The molecule has 1 aromatic carbocycles. The molecule has 1 aliphatic carbocycles. The van der Waals surface area contributed by atoms with Crippen molar-refractivity contribution in [3.63, 3.8) is 0 Å². The van der Waals surface area contributed by atoms with E-state index >= 15 is 0 Å². The highest BCUT2D eigenvalue weighted by molar-refractivity contribution is 8.00. The highest BCUT2D eigenvalue weighted by atomic mass is 32.2. The van der Waals surface area contributed by atoms with Crippen molar-refractivity contribution in [2.45, 2.75) is 62.7 Å². The van der Waals surface area contributed by atoms with Crippen LogP contribution in [0.3, 0.4) is 0 Å². The second-order valence-corrected chi connectivity index (χ2v) is 10.0. The van der Waals surface area contributed by atoms with Crippen LogP contribution in [0.4, 0.5) is 11.6 Å². The number of thioether (sulfide) groups is 1. The van der Waals surface area contributed by atoms with Gasteiger partial charge in [-0.05, 0) is 62.3 Å². The maximum atomic E-state index is 4.93. The molecule has 4 rings (SSSR count). The first-order chi connectivity index (χ1) is 14.6. The van der Waals surface area contributed by atoms with E-state index < -0.39 is 0 Å². The van der Waals surface area contributed by atoms with Gasteiger partial charge in [0.1, 0.15) is 10.7 Å². The molecule has 0 amide bonds. The molecular formula is C23H29N5S2. The van der Waals surface area contributed by atoms with Gasteiger partial charge in [0.05, 0.1) is 9.90 Å². The van der Waals surface area contributed by atoms with Crippen LogP contribution in [0.2, 0.25) is 0 Å². The average molecular weight is 440 g/mol. The molecule has 1 fully saturated rings. The van der Waals surface area contributed by atoms with Crippen LogP contribution >= 0.6 is 23.1 Å². The predicted molar refractivity (Wildman–Crippen MR) is 128 cm³/mol. The summed E-state index contributed by atoms with van der Waals surface area (Å²) in [6.45, 7) is 5.02. The molecule has 1 aliphatic rings. The fraction of sp³-hybridized carbons (Fsp3) is 0.435. The minimum atomic E-state index is 0.597. The molecule has 30 heavy (non-hydrogen) atoms. The van der Waals surface area contributed by atoms with E-state index in [9.17, 15) is 0 Å². The maximum absolute atomic E-state index is 4.93. The summed E-state index contributed by atoms with van der Waals surface area (Å²) in [4.78, 5) is 14.1. The Morgan fingerprint density at radius 2 is 1.83 bits per heavy atom. The molecular weight excluding hydrogens is 410 g/mol. The van der Waals surface area contributed by atoms with Crippen molar-refractivity contribution in [1.29, 1.82) is 0 Å². The number of hydrogen-bond donors (Lipinski definition) is 2. The SMILES string of the molecule is CSc1sc(-c2ccnc(Nc3cc(C)cc(C)c3)n2)nc1CNC1CCCCC1. The molecule has 0 radical (unpaired) electrons. The van der Waals surface area contributed by atoms with Crippen LogP contribution in [0.5, 0.6) is 0 Å². The Hall–Kier alpha value is -1.96. The number of rotatable bonds is 7. The number of thiazole rings is 1. The maximum Gasteiger partial charge on any atom is 0.227 e. The Balaban J connectivity index is 1.50. The normalized spacial score (nSPS) is 14.8. The van der Waals surface area contributed by atoms with Crippen LogP contribution in [0.1, 0.15) is 48.9 Å². The minimum absolute atomic E-state index is 0.597. The first kappa shape index (κ1) is 21.3. The quantitative estimate of drug-likeness (QED) is 0.433. The number of nitrogens with one attached hydrogen (secondary N) is 2. The third-order valence-electron chi connectivity index (χ3n) is 5.36. The van der Waals surface area contributed by atoms with Crippen molar-refractivity contribution in [2.24, 2.45) is 0 Å². The largest absolute Gasteiger partial charge is 0.324 e.